The molecule has 0 radical (unpaired) electrons. The van der Waals surface area contributed by atoms with Gasteiger partial charge in [0.15, 0.2) is 11.5 Å². The van der Waals surface area contributed by atoms with E-state index < -0.39 is 11.9 Å². The molecule has 0 bridgehead atoms. The molecule has 190 valence electrons. The van der Waals surface area contributed by atoms with Gasteiger partial charge in [0.25, 0.3) is 0 Å². The van der Waals surface area contributed by atoms with Crippen LogP contribution in [0.25, 0.3) is 11.1 Å². The van der Waals surface area contributed by atoms with Crippen molar-refractivity contribution in [1.29, 1.82) is 0 Å². The van der Waals surface area contributed by atoms with Crippen molar-refractivity contribution < 1.29 is 19.1 Å². The van der Waals surface area contributed by atoms with E-state index in [0.29, 0.717) is 11.1 Å². The molecule has 0 spiro atoms. The molecular weight excluding hydrogens is 474 g/mol. The summed E-state index contributed by atoms with van der Waals surface area (Å²) in [5.74, 6) is -0.472. The van der Waals surface area contributed by atoms with Crippen molar-refractivity contribution in [3.05, 3.63) is 118 Å². The number of aryl methyl sites for hydroxylation is 2. The number of ether oxygens (including phenoxy) is 2. The number of fused-ring (bicyclic) bond motifs is 2. The van der Waals surface area contributed by atoms with Gasteiger partial charge < -0.3 is 9.47 Å². The second kappa shape index (κ2) is 9.58. The lowest BCUT2D eigenvalue weighted by atomic mass is 9.77. The van der Waals surface area contributed by atoms with Crippen molar-refractivity contribution in [2.45, 2.75) is 32.7 Å². The largest absolute Gasteiger partial charge is 0.419 e. The van der Waals surface area contributed by atoms with Crippen LogP contribution in [0.1, 0.15) is 54.6 Å². The Morgan fingerprint density at radius 1 is 0.763 bits per heavy atom. The average Bonchev–Trinajstić information content (AvgIpc) is 2.92. The lowest BCUT2D eigenvalue weighted by Gasteiger charge is -2.40. The lowest BCUT2D eigenvalue weighted by Crippen LogP contribution is -2.35. The first kappa shape index (κ1) is 24.1. The number of carbonyl (C=O) groups excluding carboxylic acids is 2. The van der Waals surface area contributed by atoms with Gasteiger partial charge in [-0.2, -0.15) is 0 Å². The fourth-order valence-corrected chi connectivity index (χ4v) is 5.52. The number of esters is 2. The van der Waals surface area contributed by atoms with Crippen LogP contribution in [0, 0.1) is 13.8 Å². The lowest BCUT2D eigenvalue weighted by molar-refractivity contribution is 0.0683. The molecule has 1 heterocycles. The van der Waals surface area contributed by atoms with E-state index in [1.807, 2.05) is 44.2 Å². The Kier molecular flexibility index (Phi) is 6.09. The molecule has 0 saturated carbocycles. The molecule has 5 heteroatoms. The number of benzene rings is 4. The minimum atomic E-state index is -0.499. The molecule has 0 saturated heterocycles. The van der Waals surface area contributed by atoms with Crippen LogP contribution in [0.4, 0.5) is 0 Å². The highest BCUT2D eigenvalue weighted by molar-refractivity contribution is 5.96. The highest BCUT2D eigenvalue weighted by Gasteiger charge is 2.35. The second-order valence-corrected chi connectivity index (χ2v) is 10.3. The minimum Gasteiger partial charge on any atom is -0.419 e. The standard InChI is InChI=1S/C33H29NO4/c1-20-7-11-23(12-8-20)32(35)37-28-16-15-25-19-27-29-22(17-18-34(27)3)5-4-6-26(29)30(25)31(28)38-33(36)24-13-9-21(2)10-14-24/h4-16,27H,17-19H2,1-3H3/t27-/m1/s1. The van der Waals surface area contributed by atoms with E-state index >= 15 is 0 Å². The third-order valence-electron chi connectivity index (χ3n) is 7.66. The zero-order valence-electron chi connectivity index (χ0n) is 21.8. The van der Waals surface area contributed by atoms with Crippen LogP contribution in [0.5, 0.6) is 11.5 Å². The SMILES string of the molecule is Cc1ccc(C(=O)Oc2ccc3c(c2OC(=O)c2ccc(C)cc2)-c2cccc4c2[C@@H](C3)N(C)CC4)cc1. The van der Waals surface area contributed by atoms with Crippen LogP contribution in [-0.4, -0.2) is 30.4 Å². The van der Waals surface area contributed by atoms with E-state index in [4.69, 9.17) is 9.47 Å². The van der Waals surface area contributed by atoms with E-state index in [0.717, 1.165) is 47.2 Å². The van der Waals surface area contributed by atoms with Crippen molar-refractivity contribution >= 4 is 11.9 Å². The van der Waals surface area contributed by atoms with Crippen LogP contribution in [0.3, 0.4) is 0 Å². The van der Waals surface area contributed by atoms with Crippen molar-refractivity contribution in [2.24, 2.45) is 0 Å². The van der Waals surface area contributed by atoms with Gasteiger partial charge >= 0.3 is 11.9 Å². The van der Waals surface area contributed by atoms with Crippen LogP contribution in [-0.2, 0) is 12.8 Å². The van der Waals surface area contributed by atoms with Gasteiger partial charge in [0.1, 0.15) is 0 Å². The minimum absolute atomic E-state index is 0.231. The maximum atomic E-state index is 13.3. The van der Waals surface area contributed by atoms with E-state index in [1.54, 1.807) is 30.3 Å². The molecule has 0 unspecified atom stereocenters. The normalized spacial score (nSPS) is 15.8. The Morgan fingerprint density at radius 3 is 2.05 bits per heavy atom. The summed E-state index contributed by atoms with van der Waals surface area (Å²) in [5, 5.41) is 0. The molecule has 1 aliphatic carbocycles. The number of carbonyl (C=O) groups is 2. The Labute approximate surface area is 222 Å². The number of rotatable bonds is 4. The number of nitrogens with zero attached hydrogens (tertiary/aromatic N) is 1. The smallest absolute Gasteiger partial charge is 0.343 e. The van der Waals surface area contributed by atoms with Gasteiger partial charge in [0.05, 0.1) is 11.1 Å². The first-order valence-corrected chi connectivity index (χ1v) is 12.9. The molecule has 1 aliphatic heterocycles. The Morgan fingerprint density at radius 2 is 1.39 bits per heavy atom. The van der Waals surface area contributed by atoms with Gasteiger partial charge in [-0.05, 0) is 86.3 Å². The molecule has 1 atom stereocenters. The summed E-state index contributed by atoms with van der Waals surface area (Å²) < 4.78 is 12.0. The van der Waals surface area contributed by atoms with E-state index in [2.05, 4.69) is 30.1 Å². The summed E-state index contributed by atoms with van der Waals surface area (Å²) in [5.41, 5.74) is 8.47. The quantitative estimate of drug-likeness (QED) is 0.235. The maximum absolute atomic E-state index is 13.3. The van der Waals surface area contributed by atoms with Crippen LogP contribution in [0.2, 0.25) is 0 Å². The van der Waals surface area contributed by atoms with Crippen LogP contribution >= 0.6 is 0 Å². The van der Waals surface area contributed by atoms with Crippen LogP contribution in [0.15, 0.2) is 78.9 Å². The molecule has 0 amide bonds. The molecule has 0 fully saturated rings. The Hall–Kier alpha value is -4.22. The average molecular weight is 504 g/mol. The van der Waals surface area contributed by atoms with E-state index in [1.165, 1.54) is 11.1 Å². The van der Waals surface area contributed by atoms with Crippen molar-refractivity contribution in [3.8, 4) is 22.6 Å². The number of hydrogen-bond acceptors (Lipinski definition) is 5. The molecule has 0 aromatic heterocycles. The van der Waals surface area contributed by atoms with Gasteiger partial charge in [-0.25, -0.2) is 9.59 Å². The first-order valence-electron chi connectivity index (χ1n) is 12.9. The van der Waals surface area contributed by atoms with E-state index in [9.17, 15) is 9.59 Å². The molecule has 4 aromatic carbocycles. The number of likely N-dealkylation sites (N-methyl/N-ethyl adjacent to an activating group) is 1. The van der Waals surface area contributed by atoms with Crippen molar-refractivity contribution in [2.75, 3.05) is 13.6 Å². The highest BCUT2D eigenvalue weighted by atomic mass is 16.6. The Balaban J connectivity index is 1.48. The molecule has 4 aromatic rings. The third-order valence-corrected chi connectivity index (χ3v) is 7.66. The van der Waals surface area contributed by atoms with Gasteiger partial charge in [-0.3, -0.25) is 4.90 Å². The summed E-state index contributed by atoms with van der Waals surface area (Å²) in [4.78, 5) is 28.9. The zero-order chi connectivity index (χ0) is 26.4. The molecule has 5 nitrogen and oxygen atoms in total. The first-order chi connectivity index (χ1) is 18.4. The highest BCUT2D eigenvalue weighted by Crippen LogP contribution is 2.51. The molecule has 6 rings (SSSR count). The zero-order valence-corrected chi connectivity index (χ0v) is 21.8. The van der Waals surface area contributed by atoms with E-state index in [-0.39, 0.29) is 17.5 Å². The van der Waals surface area contributed by atoms with Gasteiger partial charge in [0, 0.05) is 18.2 Å². The predicted octanol–water partition coefficient (Wildman–Crippen LogP) is 6.49. The Bertz CT molecular complexity index is 1550. The fourth-order valence-electron chi connectivity index (χ4n) is 5.52. The summed E-state index contributed by atoms with van der Waals surface area (Å²) >= 11 is 0. The summed E-state index contributed by atoms with van der Waals surface area (Å²) in [6.07, 6.45) is 1.75. The molecule has 0 N–H and O–H groups in total. The topological polar surface area (TPSA) is 55.8 Å². The van der Waals surface area contributed by atoms with Crippen molar-refractivity contribution in [1.82, 2.24) is 4.90 Å². The monoisotopic (exact) mass is 503 g/mol. The summed E-state index contributed by atoms with van der Waals surface area (Å²) in [7, 11) is 2.16. The summed E-state index contributed by atoms with van der Waals surface area (Å²) in [6, 6.07) is 24.8. The van der Waals surface area contributed by atoms with Crippen molar-refractivity contribution in [3.63, 3.8) is 0 Å². The second-order valence-electron chi connectivity index (χ2n) is 10.3. The third kappa shape index (κ3) is 4.29. The molecular formula is C33H29NO4. The van der Waals surface area contributed by atoms with Gasteiger partial charge in [-0.1, -0.05) is 59.7 Å². The number of hydrogen-bond donors (Lipinski definition) is 0. The van der Waals surface area contributed by atoms with Gasteiger partial charge in [-0.15, -0.1) is 0 Å². The molecule has 38 heavy (non-hydrogen) atoms. The maximum Gasteiger partial charge on any atom is 0.343 e. The molecule has 2 aliphatic rings. The fraction of sp³-hybridized carbons (Fsp3) is 0.212. The predicted molar refractivity (Wildman–Crippen MR) is 147 cm³/mol. The summed E-state index contributed by atoms with van der Waals surface area (Å²) in [6.45, 7) is 4.93. The van der Waals surface area contributed by atoms with Gasteiger partial charge in [0.2, 0.25) is 0 Å². The van der Waals surface area contributed by atoms with Crippen LogP contribution < -0.4 is 9.47 Å².